The summed E-state index contributed by atoms with van der Waals surface area (Å²) >= 11 is 1.61. The second kappa shape index (κ2) is 9.07. The van der Waals surface area contributed by atoms with Crippen molar-refractivity contribution in [3.8, 4) is 11.3 Å². The van der Waals surface area contributed by atoms with Gasteiger partial charge in [0.05, 0.1) is 0 Å². The Labute approximate surface area is 192 Å². The number of benzene rings is 1. The van der Waals surface area contributed by atoms with Gasteiger partial charge in [-0.25, -0.2) is 4.98 Å². The normalized spacial score (nSPS) is 17.4. The molecule has 0 atom stereocenters. The van der Waals surface area contributed by atoms with Crippen LogP contribution < -0.4 is 10.2 Å². The number of aryl methyl sites for hydroxylation is 1. The predicted molar refractivity (Wildman–Crippen MR) is 128 cm³/mol. The van der Waals surface area contributed by atoms with Crippen molar-refractivity contribution in [1.82, 2.24) is 19.5 Å². The largest absolute Gasteiger partial charge is 0.375 e. The quantitative estimate of drug-likeness (QED) is 0.615. The van der Waals surface area contributed by atoms with Crippen molar-refractivity contribution in [2.45, 2.75) is 38.6 Å². The fourth-order valence-electron chi connectivity index (χ4n) is 4.61. The van der Waals surface area contributed by atoms with E-state index in [0.29, 0.717) is 19.1 Å². The van der Waals surface area contributed by atoms with Crippen LogP contribution in [0.3, 0.4) is 0 Å². The van der Waals surface area contributed by atoms with Crippen LogP contribution in [0.25, 0.3) is 16.2 Å². The molecule has 1 aliphatic carbocycles. The Hall–Kier alpha value is -2.65. The maximum absolute atomic E-state index is 12.1. The standard InChI is InChI=1S/C23H30N6O2S/c1-16-6-5-7-17(14-16)20-21(24-18-8-3-4-9-18)29-22(25-20)32-23(26-29)28-12-10-27(11-13-28)19(30)15-31-2/h5-7,14,18,24H,3-4,8-13,15H2,1-2H3. The highest BCUT2D eigenvalue weighted by Gasteiger charge is 2.26. The Kier molecular flexibility index (Phi) is 6.01. The van der Waals surface area contributed by atoms with Gasteiger partial charge in [0.1, 0.15) is 12.3 Å². The number of carbonyl (C=O) groups excluding carboxylic acids is 1. The van der Waals surface area contributed by atoms with E-state index in [4.69, 9.17) is 14.8 Å². The average molecular weight is 455 g/mol. The molecule has 8 nitrogen and oxygen atoms in total. The van der Waals surface area contributed by atoms with Crippen LogP contribution in [0.2, 0.25) is 0 Å². The molecule has 1 amide bonds. The van der Waals surface area contributed by atoms with Gasteiger partial charge in [-0.05, 0) is 25.8 Å². The lowest BCUT2D eigenvalue weighted by Crippen LogP contribution is -2.49. The molecular formula is C23H30N6O2S. The maximum atomic E-state index is 12.1. The molecule has 0 unspecified atom stereocenters. The number of hydrogen-bond acceptors (Lipinski definition) is 7. The minimum atomic E-state index is 0.0481. The zero-order chi connectivity index (χ0) is 22.1. The summed E-state index contributed by atoms with van der Waals surface area (Å²) in [5, 5.41) is 9.68. The fraction of sp³-hybridized carbons (Fsp3) is 0.522. The molecule has 1 saturated heterocycles. The Bertz CT molecular complexity index is 1100. The lowest BCUT2D eigenvalue weighted by Gasteiger charge is -2.34. The molecule has 32 heavy (non-hydrogen) atoms. The number of anilines is 2. The number of nitrogens with one attached hydrogen (secondary N) is 1. The SMILES string of the molecule is COCC(=O)N1CCN(c2nn3c(NC4CCCC4)c(-c4cccc(C)c4)nc3s2)CC1. The van der Waals surface area contributed by atoms with E-state index in [1.165, 1.54) is 31.2 Å². The van der Waals surface area contributed by atoms with Crippen molar-refractivity contribution in [3.05, 3.63) is 29.8 Å². The van der Waals surface area contributed by atoms with Gasteiger partial charge in [0.15, 0.2) is 5.82 Å². The zero-order valence-corrected chi connectivity index (χ0v) is 19.5. The highest BCUT2D eigenvalue weighted by molar-refractivity contribution is 7.20. The van der Waals surface area contributed by atoms with Crippen LogP contribution in [0.5, 0.6) is 0 Å². The molecule has 0 radical (unpaired) electrons. The van der Waals surface area contributed by atoms with Gasteiger partial charge < -0.3 is 19.9 Å². The van der Waals surface area contributed by atoms with Crippen molar-refractivity contribution in [3.63, 3.8) is 0 Å². The Morgan fingerprint density at radius 3 is 2.72 bits per heavy atom. The number of rotatable bonds is 6. The van der Waals surface area contributed by atoms with Crippen molar-refractivity contribution < 1.29 is 9.53 Å². The van der Waals surface area contributed by atoms with Crippen molar-refractivity contribution in [1.29, 1.82) is 0 Å². The number of amides is 1. The molecule has 1 saturated carbocycles. The first-order chi connectivity index (χ1) is 15.6. The first-order valence-corrected chi connectivity index (χ1v) is 12.2. The maximum Gasteiger partial charge on any atom is 0.248 e. The summed E-state index contributed by atoms with van der Waals surface area (Å²) in [5.41, 5.74) is 3.32. The van der Waals surface area contributed by atoms with Gasteiger partial charge in [-0.1, -0.05) is 47.9 Å². The highest BCUT2D eigenvalue weighted by Crippen LogP contribution is 2.35. The Morgan fingerprint density at radius 1 is 1.22 bits per heavy atom. The lowest BCUT2D eigenvalue weighted by atomic mass is 10.1. The number of carbonyl (C=O) groups is 1. The molecule has 2 aliphatic rings. The van der Waals surface area contributed by atoms with Gasteiger partial charge in [0.2, 0.25) is 16.0 Å². The molecule has 1 N–H and O–H groups in total. The van der Waals surface area contributed by atoms with Gasteiger partial charge >= 0.3 is 0 Å². The summed E-state index contributed by atoms with van der Waals surface area (Å²) in [7, 11) is 1.56. The summed E-state index contributed by atoms with van der Waals surface area (Å²) in [5.74, 6) is 1.04. The van der Waals surface area contributed by atoms with Gasteiger partial charge in [0, 0.05) is 44.9 Å². The van der Waals surface area contributed by atoms with Crippen molar-refractivity contribution >= 4 is 33.2 Å². The van der Waals surface area contributed by atoms with E-state index in [-0.39, 0.29) is 12.5 Å². The molecule has 1 aliphatic heterocycles. The summed E-state index contributed by atoms with van der Waals surface area (Å²) < 4.78 is 6.97. The minimum Gasteiger partial charge on any atom is -0.375 e. The molecule has 170 valence electrons. The van der Waals surface area contributed by atoms with E-state index >= 15 is 0 Å². The molecule has 0 spiro atoms. The number of ether oxygens (including phenoxy) is 1. The van der Waals surface area contributed by atoms with Gasteiger partial charge in [-0.2, -0.15) is 4.52 Å². The molecular weight excluding hydrogens is 424 g/mol. The van der Waals surface area contributed by atoms with Crippen LogP contribution in [-0.2, 0) is 9.53 Å². The minimum absolute atomic E-state index is 0.0481. The van der Waals surface area contributed by atoms with Gasteiger partial charge in [-0.15, -0.1) is 5.10 Å². The van der Waals surface area contributed by atoms with Crippen molar-refractivity contribution in [2.24, 2.45) is 0 Å². The molecule has 5 rings (SSSR count). The Balaban J connectivity index is 1.42. The van der Waals surface area contributed by atoms with E-state index in [2.05, 4.69) is 41.4 Å². The number of nitrogens with zero attached hydrogens (tertiary/aromatic N) is 5. The first kappa shape index (κ1) is 21.2. The number of piperazine rings is 1. The second-order valence-electron chi connectivity index (χ2n) is 8.68. The molecule has 2 fully saturated rings. The number of hydrogen-bond donors (Lipinski definition) is 1. The van der Waals surface area contributed by atoms with E-state index < -0.39 is 0 Å². The predicted octanol–water partition coefficient (Wildman–Crippen LogP) is 3.42. The van der Waals surface area contributed by atoms with E-state index in [9.17, 15) is 4.79 Å². The molecule has 3 aromatic rings. The van der Waals surface area contributed by atoms with E-state index in [1.54, 1.807) is 18.4 Å². The van der Waals surface area contributed by atoms with Crippen LogP contribution in [0.4, 0.5) is 10.9 Å². The lowest BCUT2D eigenvalue weighted by molar-refractivity contribution is -0.135. The third-order valence-corrected chi connectivity index (χ3v) is 7.32. The fourth-order valence-corrected chi connectivity index (χ4v) is 5.57. The summed E-state index contributed by atoms with van der Waals surface area (Å²) in [6, 6.07) is 8.97. The molecule has 1 aromatic carbocycles. The molecule has 9 heteroatoms. The Morgan fingerprint density at radius 2 is 2.00 bits per heavy atom. The van der Waals surface area contributed by atoms with E-state index in [0.717, 1.165) is 40.3 Å². The smallest absolute Gasteiger partial charge is 0.248 e. The topological polar surface area (TPSA) is 75.0 Å². The highest BCUT2D eigenvalue weighted by atomic mass is 32.1. The second-order valence-corrected chi connectivity index (χ2v) is 9.62. The van der Waals surface area contributed by atoms with Crippen LogP contribution in [0.15, 0.2) is 24.3 Å². The first-order valence-electron chi connectivity index (χ1n) is 11.4. The van der Waals surface area contributed by atoms with Crippen molar-refractivity contribution in [2.75, 3.05) is 50.1 Å². The number of aromatic nitrogens is 3. The number of fused-ring (bicyclic) bond motifs is 1. The third kappa shape index (κ3) is 4.19. The van der Waals surface area contributed by atoms with Gasteiger partial charge in [-0.3, -0.25) is 4.79 Å². The van der Waals surface area contributed by atoms with E-state index in [1.807, 2.05) is 9.42 Å². The summed E-state index contributed by atoms with van der Waals surface area (Å²) in [6.07, 6.45) is 4.92. The summed E-state index contributed by atoms with van der Waals surface area (Å²) in [4.78, 5) is 22.1. The van der Waals surface area contributed by atoms with Crippen LogP contribution in [0, 0.1) is 6.92 Å². The molecule has 3 heterocycles. The number of methoxy groups -OCH3 is 1. The summed E-state index contributed by atoms with van der Waals surface area (Å²) in [6.45, 7) is 5.16. The van der Waals surface area contributed by atoms with Gasteiger partial charge in [0.25, 0.3) is 0 Å². The average Bonchev–Trinajstić information content (AvgIpc) is 3.52. The monoisotopic (exact) mass is 454 g/mol. The zero-order valence-electron chi connectivity index (χ0n) is 18.7. The molecule has 2 aromatic heterocycles. The van der Waals surface area contributed by atoms with Crippen LogP contribution in [-0.4, -0.2) is 71.3 Å². The number of imidazole rings is 1. The van der Waals surface area contributed by atoms with Crippen LogP contribution >= 0.6 is 11.3 Å². The van der Waals surface area contributed by atoms with Crippen LogP contribution in [0.1, 0.15) is 31.2 Å². The third-order valence-electron chi connectivity index (χ3n) is 6.35. The molecule has 0 bridgehead atoms.